The first-order valence-electron chi connectivity index (χ1n) is 31.7. The molecular weight excluding hydrogens is 988 g/mol. The fourth-order valence-corrected chi connectivity index (χ4v) is 9.39. The molecule has 448 valence electrons. The maximum Gasteiger partial charge on any atom is 0.306 e. The molecule has 78 heavy (non-hydrogen) atoms. The first kappa shape index (κ1) is 74.7. The van der Waals surface area contributed by atoms with E-state index in [1.165, 1.54) is 103 Å². The molecule has 0 aliphatic carbocycles. The summed E-state index contributed by atoms with van der Waals surface area (Å²) in [5.41, 5.74) is 0. The molecule has 0 saturated heterocycles. The molecular formula is C68H119N2O7P. The number of carbonyl (C=O) groups excluding carboxylic acids is 2. The molecule has 9 nitrogen and oxygen atoms in total. The van der Waals surface area contributed by atoms with Gasteiger partial charge in [-0.15, -0.1) is 0 Å². The second kappa shape index (κ2) is 56.9. The number of unbranched alkanes of at least 4 members (excludes halogenated alkanes) is 26. The molecule has 0 spiro atoms. The molecule has 0 aromatic carbocycles. The number of hydrogen-bond acceptors (Lipinski definition) is 7. The SMILES string of the molecule is CC/C=C\C/C=C\C/C=C\C/C=C\C/C=C\CCCCCCCCCCCC(=O)NC(COP(=O)([O-])OCC[N+](C)(C)C)C(/C=C\CCCCCCCCCCCC)OC(=O)CCCCCCCCC/C=C/C=C/C=C/CC. The van der Waals surface area contributed by atoms with Crippen LogP contribution in [0.2, 0.25) is 0 Å². The number of hydrogen-bond donors (Lipinski definition) is 1. The number of esters is 1. The number of allylic oxidation sites excluding steroid dienone is 17. The maximum absolute atomic E-state index is 13.6. The number of carbonyl (C=O) groups is 2. The van der Waals surface area contributed by atoms with Crippen LogP contribution < -0.4 is 10.2 Å². The zero-order chi connectivity index (χ0) is 57.2. The van der Waals surface area contributed by atoms with Gasteiger partial charge in [0, 0.05) is 12.8 Å². The number of phosphoric ester groups is 1. The monoisotopic (exact) mass is 1110 g/mol. The number of phosphoric acid groups is 1. The Labute approximate surface area is 481 Å². The van der Waals surface area contributed by atoms with Gasteiger partial charge in [0.2, 0.25) is 5.91 Å². The zero-order valence-electron chi connectivity index (χ0n) is 51.1. The van der Waals surface area contributed by atoms with Gasteiger partial charge in [0.05, 0.1) is 33.8 Å². The molecule has 1 N–H and O–H groups in total. The van der Waals surface area contributed by atoms with Crippen LogP contribution in [-0.2, 0) is 27.9 Å². The smallest absolute Gasteiger partial charge is 0.306 e. The highest BCUT2D eigenvalue weighted by Crippen LogP contribution is 2.38. The lowest BCUT2D eigenvalue weighted by atomic mass is 10.0. The molecule has 0 aliphatic heterocycles. The molecule has 1 amide bonds. The minimum Gasteiger partial charge on any atom is -0.756 e. The predicted molar refractivity (Wildman–Crippen MR) is 334 cm³/mol. The van der Waals surface area contributed by atoms with Crippen molar-refractivity contribution in [3.63, 3.8) is 0 Å². The van der Waals surface area contributed by atoms with E-state index in [0.717, 1.165) is 116 Å². The Morgan fingerprint density at radius 1 is 0.474 bits per heavy atom. The summed E-state index contributed by atoms with van der Waals surface area (Å²) in [4.78, 5) is 40.0. The first-order chi connectivity index (χ1) is 37.9. The molecule has 0 aromatic rings. The van der Waals surface area contributed by atoms with Crippen molar-refractivity contribution < 1.29 is 37.3 Å². The summed E-state index contributed by atoms with van der Waals surface area (Å²) >= 11 is 0. The molecule has 0 aliphatic rings. The van der Waals surface area contributed by atoms with Gasteiger partial charge in [-0.2, -0.15) is 0 Å². The highest BCUT2D eigenvalue weighted by molar-refractivity contribution is 7.45. The van der Waals surface area contributed by atoms with Crippen molar-refractivity contribution in [1.82, 2.24) is 5.32 Å². The third-order valence-corrected chi connectivity index (χ3v) is 14.5. The molecule has 3 atom stereocenters. The molecule has 0 heterocycles. The van der Waals surface area contributed by atoms with Gasteiger partial charge in [-0.1, -0.05) is 259 Å². The van der Waals surface area contributed by atoms with Gasteiger partial charge in [-0.3, -0.25) is 14.2 Å². The van der Waals surface area contributed by atoms with E-state index in [1.807, 2.05) is 33.3 Å². The van der Waals surface area contributed by atoms with Crippen molar-refractivity contribution in [3.05, 3.63) is 109 Å². The van der Waals surface area contributed by atoms with Crippen LogP contribution in [0.3, 0.4) is 0 Å². The van der Waals surface area contributed by atoms with Gasteiger partial charge in [0.25, 0.3) is 7.82 Å². The Morgan fingerprint density at radius 2 is 0.885 bits per heavy atom. The van der Waals surface area contributed by atoms with E-state index in [9.17, 15) is 19.0 Å². The summed E-state index contributed by atoms with van der Waals surface area (Å²) in [7, 11) is 1.16. The molecule has 0 saturated carbocycles. The summed E-state index contributed by atoms with van der Waals surface area (Å²) in [6.45, 7) is 6.58. The lowest BCUT2D eigenvalue weighted by molar-refractivity contribution is -0.870. The number of rotatable bonds is 56. The number of nitrogens with one attached hydrogen (secondary N) is 1. The van der Waals surface area contributed by atoms with Gasteiger partial charge in [-0.05, 0) is 96.0 Å². The second-order valence-corrected chi connectivity index (χ2v) is 23.6. The normalized spacial score (nSPS) is 14.4. The molecule has 0 bridgehead atoms. The average Bonchev–Trinajstić information content (AvgIpc) is 3.40. The fourth-order valence-electron chi connectivity index (χ4n) is 8.67. The molecule has 0 radical (unpaired) electrons. The van der Waals surface area contributed by atoms with E-state index in [-0.39, 0.29) is 24.9 Å². The van der Waals surface area contributed by atoms with Gasteiger partial charge in [-0.25, -0.2) is 0 Å². The Balaban J connectivity index is 5.18. The van der Waals surface area contributed by atoms with E-state index in [0.29, 0.717) is 23.9 Å². The summed E-state index contributed by atoms with van der Waals surface area (Å²) in [5.74, 6) is -0.566. The highest BCUT2D eigenvalue weighted by Gasteiger charge is 2.27. The predicted octanol–water partition coefficient (Wildman–Crippen LogP) is 19.1. The highest BCUT2D eigenvalue weighted by atomic mass is 31.2. The minimum absolute atomic E-state index is 0.0309. The molecule has 0 rings (SSSR count). The van der Waals surface area contributed by atoms with Gasteiger partial charge < -0.3 is 28.5 Å². The van der Waals surface area contributed by atoms with Gasteiger partial charge in [0.15, 0.2) is 0 Å². The summed E-state index contributed by atoms with van der Waals surface area (Å²) < 4.78 is 30.3. The van der Waals surface area contributed by atoms with Gasteiger partial charge in [0.1, 0.15) is 19.3 Å². The van der Waals surface area contributed by atoms with E-state index in [2.05, 4.69) is 123 Å². The van der Waals surface area contributed by atoms with E-state index in [1.54, 1.807) is 0 Å². The van der Waals surface area contributed by atoms with Crippen LogP contribution in [0.1, 0.15) is 258 Å². The quantitative estimate of drug-likeness (QED) is 0.0161. The van der Waals surface area contributed by atoms with Crippen molar-refractivity contribution in [3.8, 4) is 0 Å². The summed E-state index contributed by atoms with van der Waals surface area (Å²) in [6.07, 6.45) is 77.7. The molecule has 0 aromatic heterocycles. The third-order valence-electron chi connectivity index (χ3n) is 13.5. The first-order valence-corrected chi connectivity index (χ1v) is 33.2. The van der Waals surface area contributed by atoms with Crippen LogP contribution in [-0.4, -0.2) is 69.4 Å². The van der Waals surface area contributed by atoms with E-state index in [4.69, 9.17) is 13.8 Å². The van der Waals surface area contributed by atoms with E-state index < -0.39 is 26.6 Å². The van der Waals surface area contributed by atoms with Crippen LogP contribution >= 0.6 is 7.82 Å². The standard InChI is InChI=1S/C68H119N2O7P/c1-7-10-13-16-19-22-25-28-30-31-32-33-34-35-36-37-38-39-41-42-45-48-51-54-57-60-67(71)69-65(64-76-78(73,74)75-63-62-70(4,5)6)66(59-56-53-50-47-44-27-24-21-18-15-12-9-3)77-68(72)61-58-55-52-49-46-43-40-29-26-23-20-17-14-11-8-2/h10-11,13-14,17,19-20,22-23,26,28,30,32-33,35-36,56,59,65-66H,7-9,12,15-16,18,21,24-25,27,29,31,34,37-55,57-58,60-64H2,1-6H3,(H-,69,71,73,74)/b13-10-,14-11+,20-17+,22-19-,26-23+,30-28-,33-32-,36-35-,59-56-. The van der Waals surface area contributed by atoms with Crippen LogP contribution in [0.15, 0.2) is 109 Å². The van der Waals surface area contributed by atoms with Crippen molar-refractivity contribution in [1.29, 1.82) is 0 Å². The van der Waals surface area contributed by atoms with Crippen molar-refractivity contribution in [2.45, 2.75) is 270 Å². The lowest BCUT2D eigenvalue weighted by Crippen LogP contribution is -2.47. The average molecular weight is 1110 g/mol. The summed E-state index contributed by atoms with van der Waals surface area (Å²) in [6, 6.07) is -0.903. The maximum atomic E-state index is 13.6. The van der Waals surface area contributed by atoms with Gasteiger partial charge >= 0.3 is 5.97 Å². The van der Waals surface area contributed by atoms with Crippen LogP contribution in [0.4, 0.5) is 0 Å². The number of likely N-dealkylation sites (N-methyl/N-ethyl adjacent to an activating group) is 1. The Morgan fingerprint density at radius 3 is 1.37 bits per heavy atom. The van der Waals surface area contributed by atoms with Crippen molar-refractivity contribution >= 4 is 19.7 Å². The number of nitrogens with zero attached hydrogens (tertiary/aromatic N) is 1. The molecule has 10 heteroatoms. The zero-order valence-corrected chi connectivity index (χ0v) is 52.0. The largest absolute Gasteiger partial charge is 0.756 e. The number of quaternary nitrogens is 1. The van der Waals surface area contributed by atoms with Crippen LogP contribution in [0.5, 0.6) is 0 Å². The second-order valence-electron chi connectivity index (χ2n) is 22.2. The molecule has 3 unspecified atom stereocenters. The van der Waals surface area contributed by atoms with Crippen LogP contribution in [0, 0.1) is 0 Å². The van der Waals surface area contributed by atoms with Crippen LogP contribution in [0.25, 0.3) is 0 Å². The Hall–Kier alpha value is -3.33. The van der Waals surface area contributed by atoms with E-state index >= 15 is 0 Å². The molecule has 0 fully saturated rings. The fraction of sp³-hybridized carbons (Fsp3) is 0.706. The topological polar surface area (TPSA) is 114 Å². The Bertz CT molecular complexity index is 1700. The third kappa shape index (κ3) is 57.4. The summed E-state index contributed by atoms with van der Waals surface area (Å²) in [5, 5.41) is 3.02. The Kier molecular flexibility index (Phi) is 54.5. The van der Waals surface area contributed by atoms with Crippen molar-refractivity contribution in [2.24, 2.45) is 0 Å². The number of ether oxygens (including phenoxy) is 1. The van der Waals surface area contributed by atoms with Crippen molar-refractivity contribution in [2.75, 3.05) is 40.9 Å². The lowest BCUT2D eigenvalue weighted by Gasteiger charge is -2.30. The number of amides is 1. The minimum atomic E-state index is -4.71.